The topological polar surface area (TPSA) is 49.3 Å². The molecule has 0 aromatic rings. The second-order valence-electron chi connectivity index (χ2n) is 4.79. The molecule has 1 saturated heterocycles. The predicted molar refractivity (Wildman–Crippen MR) is 68.9 cm³/mol. The maximum absolute atomic E-state index is 11.3. The highest BCUT2D eigenvalue weighted by atomic mass is 32.2. The molecule has 1 fully saturated rings. The van der Waals surface area contributed by atoms with Crippen LogP contribution >= 0.6 is 11.8 Å². The molecule has 94 valence electrons. The third kappa shape index (κ3) is 2.92. The fourth-order valence-corrected chi connectivity index (χ4v) is 3.57. The van der Waals surface area contributed by atoms with Crippen LogP contribution in [0, 0.1) is 11.3 Å². The Labute approximate surface area is 102 Å². The van der Waals surface area contributed by atoms with Crippen molar-refractivity contribution in [2.45, 2.75) is 39.7 Å². The van der Waals surface area contributed by atoms with Gasteiger partial charge in [0.2, 0.25) is 0 Å². The van der Waals surface area contributed by atoms with Gasteiger partial charge in [0.15, 0.2) is 0 Å². The van der Waals surface area contributed by atoms with Crippen LogP contribution in [0.5, 0.6) is 0 Å². The van der Waals surface area contributed by atoms with Crippen LogP contribution in [0.15, 0.2) is 0 Å². The second-order valence-corrected chi connectivity index (χ2v) is 5.87. The fraction of sp³-hybridized carbons (Fsp3) is 0.917. The van der Waals surface area contributed by atoms with Crippen LogP contribution < -0.4 is 5.32 Å². The Balaban J connectivity index is 2.52. The number of hydrogen-bond donors (Lipinski definition) is 2. The molecule has 4 heteroatoms. The minimum Gasteiger partial charge on any atom is -0.481 e. The Kier molecular flexibility index (Phi) is 5.12. The molecule has 16 heavy (non-hydrogen) atoms. The van der Waals surface area contributed by atoms with Crippen molar-refractivity contribution >= 4 is 17.7 Å². The highest BCUT2D eigenvalue weighted by Crippen LogP contribution is 2.28. The Morgan fingerprint density at radius 1 is 1.44 bits per heavy atom. The first-order valence-electron chi connectivity index (χ1n) is 6.10. The number of thioether (sulfide) groups is 1. The second kappa shape index (κ2) is 5.92. The minimum absolute atomic E-state index is 0.488. The average Bonchev–Trinajstić information content (AvgIpc) is 2.66. The van der Waals surface area contributed by atoms with Gasteiger partial charge in [0.05, 0.1) is 5.41 Å². The smallest absolute Gasteiger partial charge is 0.310 e. The molecule has 1 rings (SSSR count). The molecule has 0 saturated carbocycles. The fourth-order valence-electron chi connectivity index (χ4n) is 2.13. The van der Waals surface area contributed by atoms with Crippen LogP contribution in [0.1, 0.15) is 33.6 Å². The number of aliphatic carboxylic acids is 1. The zero-order valence-electron chi connectivity index (χ0n) is 10.5. The van der Waals surface area contributed by atoms with Gasteiger partial charge < -0.3 is 10.4 Å². The van der Waals surface area contributed by atoms with E-state index in [1.807, 2.05) is 25.6 Å². The first kappa shape index (κ1) is 13.8. The van der Waals surface area contributed by atoms with Crippen molar-refractivity contribution in [2.75, 3.05) is 18.1 Å². The van der Waals surface area contributed by atoms with Crippen molar-refractivity contribution in [3.63, 3.8) is 0 Å². The molecule has 2 unspecified atom stereocenters. The summed E-state index contributed by atoms with van der Waals surface area (Å²) in [7, 11) is 0. The third-order valence-electron chi connectivity index (χ3n) is 3.87. The molecule has 0 amide bonds. The summed E-state index contributed by atoms with van der Waals surface area (Å²) in [5, 5.41) is 12.8. The molecule has 1 aliphatic heterocycles. The van der Waals surface area contributed by atoms with Crippen molar-refractivity contribution < 1.29 is 9.90 Å². The molecule has 0 bridgehead atoms. The van der Waals surface area contributed by atoms with Gasteiger partial charge in [-0.05, 0) is 24.5 Å². The number of carbonyl (C=O) groups is 1. The number of hydrogen-bond acceptors (Lipinski definition) is 3. The average molecular weight is 245 g/mol. The minimum atomic E-state index is -0.664. The van der Waals surface area contributed by atoms with Gasteiger partial charge in [0.25, 0.3) is 0 Å². The summed E-state index contributed by atoms with van der Waals surface area (Å²) in [4.78, 5) is 11.3. The van der Waals surface area contributed by atoms with E-state index in [1.54, 1.807) is 0 Å². The molecule has 2 atom stereocenters. The number of carboxylic acids is 1. The van der Waals surface area contributed by atoms with Gasteiger partial charge in [0, 0.05) is 18.3 Å². The van der Waals surface area contributed by atoms with E-state index >= 15 is 0 Å². The van der Waals surface area contributed by atoms with E-state index in [1.165, 1.54) is 5.75 Å². The molecule has 2 N–H and O–H groups in total. The summed E-state index contributed by atoms with van der Waals surface area (Å²) < 4.78 is 0. The quantitative estimate of drug-likeness (QED) is 0.753. The Morgan fingerprint density at radius 2 is 2.06 bits per heavy atom. The lowest BCUT2D eigenvalue weighted by molar-refractivity contribution is -0.149. The summed E-state index contributed by atoms with van der Waals surface area (Å²) in [6, 6.07) is 0.488. The normalized spacial score (nSPS) is 25.9. The zero-order chi connectivity index (χ0) is 12.2. The first-order chi connectivity index (χ1) is 7.55. The highest BCUT2D eigenvalue weighted by Gasteiger charge is 2.36. The van der Waals surface area contributed by atoms with E-state index in [-0.39, 0.29) is 0 Å². The molecule has 0 radical (unpaired) electrons. The highest BCUT2D eigenvalue weighted by molar-refractivity contribution is 7.99. The molecule has 0 aromatic heterocycles. The Bertz CT molecular complexity index is 241. The molecule has 1 heterocycles. The van der Waals surface area contributed by atoms with Crippen LogP contribution in [0.25, 0.3) is 0 Å². The van der Waals surface area contributed by atoms with E-state index < -0.39 is 11.4 Å². The predicted octanol–water partition coefficient (Wildman–Crippen LogP) is 2.22. The number of nitrogens with one attached hydrogen (secondary N) is 1. The van der Waals surface area contributed by atoms with Crippen molar-refractivity contribution in [3.05, 3.63) is 0 Å². The summed E-state index contributed by atoms with van der Waals surface area (Å²) in [6.45, 7) is 6.77. The molecule has 0 spiro atoms. The van der Waals surface area contributed by atoms with Gasteiger partial charge >= 0.3 is 5.97 Å². The van der Waals surface area contributed by atoms with Crippen LogP contribution in [0.4, 0.5) is 0 Å². The lowest BCUT2D eigenvalue weighted by atomic mass is 9.82. The van der Waals surface area contributed by atoms with Gasteiger partial charge in [0.1, 0.15) is 0 Å². The molecule has 3 nitrogen and oxygen atoms in total. The lowest BCUT2D eigenvalue weighted by Gasteiger charge is -2.29. The van der Waals surface area contributed by atoms with Crippen molar-refractivity contribution in [2.24, 2.45) is 11.3 Å². The lowest BCUT2D eigenvalue weighted by Crippen LogP contribution is -2.45. The number of rotatable bonds is 6. The van der Waals surface area contributed by atoms with E-state index in [4.69, 9.17) is 0 Å². The summed E-state index contributed by atoms with van der Waals surface area (Å²) in [5.41, 5.74) is -0.576. The Morgan fingerprint density at radius 3 is 2.44 bits per heavy atom. The third-order valence-corrected chi connectivity index (χ3v) is 5.23. The van der Waals surface area contributed by atoms with E-state index in [0.29, 0.717) is 31.3 Å². The summed E-state index contributed by atoms with van der Waals surface area (Å²) >= 11 is 1.95. The first-order valence-corrected chi connectivity index (χ1v) is 7.25. The van der Waals surface area contributed by atoms with E-state index in [2.05, 4.69) is 12.2 Å². The monoisotopic (exact) mass is 245 g/mol. The van der Waals surface area contributed by atoms with Crippen molar-refractivity contribution in [1.82, 2.24) is 5.32 Å². The summed E-state index contributed by atoms with van der Waals surface area (Å²) in [6.07, 6.45) is 1.39. The molecular weight excluding hydrogens is 222 g/mol. The summed E-state index contributed by atoms with van der Waals surface area (Å²) in [5.74, 6) is 2.30. The van der Waals surface area contributed by atoms with Gasteiger partial charge in [-0.3, -0.25) is 4.79 Å². The van der Waals surface area contributed by atoms with Crippen molar-refractivity contribution in [3.8, 4) is 0 Å². The van der Waals surface area contributed by atoms with Crippen LogP contribution in [-0.2, 0) is 4.79 Å². The molecule has 0 aliphatic carbocycles. The van der Waals surface area contributed by atoms with Crippen LogP contribution in [-0.4, -0.2) is 35.2 Å². The van der Waals surface area contributed by atoms with Gasteiger partial charge in [-0.15, -0.1) is 0 Å². The van der Waals surface area contributed by atoms with E-state index in [0.717, 1.165) is 5.75 Å². The number of carboxylic acid groups (broad SMARTS) is 1. The molecule has 1 aliphatic rings. The Hall–Kier alpha value is -0.220. The van der Waals surface area contributed by atoms with Gasteiger partial charge in [-0.2, -0.15) is 11.8 Å². The van der Waals surface area contributed by atoms with Gasteiger partial charge in [-0.25, -0.2) is 0 Å². The van der Waals surface area contributed by atoms with Gasteiger partial charge in [-0.1, -0.05) is 20.8 Å². The van der Waals surface area contributed by atoms with Crippen LogP contribution in [0.3, 0.4) is 0 Å². The molecule has 0 aromatic carbocycles. The SMILES string of the molecule is CCC(CC)(CNC1CSCC1C)C(=O)O. The molecular formula is C12H23NO2S. The zero-order valence-corrected chi connectivity index (χ0v) is 11.3. The van der Waals surface area contributed by atoms with E-state index in [9.17, 15) is 9.90 Å². The maximum atomic E-state index is 11.3. The van der Waals surface area contributed by atoms with Crippen LogP contribution in [0.2, 0.25) is 0 Å². The van der Waals surface area contributed by atoms with Crippen molar-refractivity contribution in [1.29, 1.82) is 0 Å². The largest absolute Gasteiger partial charge is 0.481 e. The maximum Gasteiger partial charge on any atom is 0.310 e. The standard InChI is InChI=1S/C12H23NO2S/c1-4-12(5-2,11(14)15)8-13-10-7-16-6-9(10)3/h9-10,13H,4-8H2,1-3H3,(H,14,15).